The second kappa shape index (κ2) is 9.48. The molecule has 0 aliphatic carbocycles. The van der Waals surface area contributed by atoms with Gasteiger partial charge in [-0.15, -0.1) is 0 Å². The lowest BCUT2D eigenvalue weighted by Gasteiger charge is -2.22. The van der Waals surface area contributed by atoms with Gasteiger partial charge in [-0.25, -0.2) is 0 Å². The highest BCUT2D eigenvalue weighted by atomic mass is 16.5. The number of rotatable bonds is 8. The SMILES string of the molecule is CCCN(Cc1ccc(C#N)cc1)C(=O)CCc1ccc(OC)cc1. The van der Waals surface area contributed by atoms with E-state index in [4.69, 9.17) is 10.00 Å². The Hall–Kier alpha value is -2.80. The molecule has 2 aromatic carbocycles. The van der Waals surface area contributed by atoms with Crippen LogP contribution >= 0.6 is 0 Å². The minimum atomic E-state index is 0.155. The van der Waals surface area contributed by atoms with Gasteiger partial charge in [-0.05, 0) is 48.2 Å². The first kappa shape index (κ1) is 18.5. The molecule has 0 aromatic heterocycles. The Morgan fingerprint density at radius 2 is 1.72 bits per heavy atom. The molecule has 0 aliphatic rings. The number of hydrogen-bond donors (Lipinski definition) is 0. The van der Waals surface area contributed by atoms with E-state index in [-0.39, 0.29) is 5.91 Å². The van der Waals surface area contributed by atoms with Crippen molar-refractivity contribution < 1.29 is 9.53 Å². The summed E-state index contributed by atoms with van der Waals surface area (Å²) in [7, 11) is 1.64. The average Bonchev–Trinajstić information content (AvgIpc) is 2.66. The number of amides is 1. The van der Waals surface area contributed by atoms with Crippen LogP contribution < -0.4 is 4.74 Å². The van der Waals surface area contributed by atoms with Crippen LogP contribution in [0.25, 0.3) is 0 Å². The highest BCUT2D eigenvalue weighted by Gasteiger charge is 2.13. The second-order valence-electron chi connectivity index (χ2n) is 5.97. The third-order valence-corrected chi connectivity index (χ3v) is 4.09. The first-order chi connectivity index (χ1) is 12.2. The van der Waals surface area contributed by atoms with Gasteiger partial charge in [0.2, 0.25) is 5.91 Å². The fourth-order valence-corrected chi connectivity index (χ4v) is 2.67. The fraction of sp³-hybridized carbons (Fsp3) is 0.333. The first-order valence-corrected chi connectivity index (χ1v) is 8.56. The Morgan fingerprint density at radius 3 is 2.28 bits per heavy atom. The zero-order valence-electron chi connectivity index (χ0n) is 14.9. The summed E-state index contributed by atoms with van der Waals surface area (Å²) in [5, 5.41) is 8.87. The molecule has 1 amide bonds. The molecule has 130 valence electrons. The Kier molecular flexibility index (Phi) is 7.03. The molecule has 25 heavy (non-hydrogen) atoms. The van der Waals surface area contributed by atoms with Crippen molar-refractivity contribution in [3.8, 4) is 11.8 Å². The van der Waals surface area contributed by atoms with Gasteiger partial charge in [0.05, 0.1) is 18.7 Å². The standard InChI is InChI=1S/C21H24N2O2/c1-3-14-23(16-19-6-4-18(15-22)5-7-19)21(24)13-10-17-8-11-20(25-2)12-9-17/h4-9,11-12H,3,10,13-14,16H2,1-2H3. The molecule has 2 rings (SSSR count). The maximum Gasteiger partial charge on any atom is 0.223 e. The van der Waals surface area contributed by atoms with Gasteiger partial charge < -0.3 is 9.64 Å². The van der Waals surface area contributed by atoms with Gasteiger partial charge in [-0.1, -0.05) is 31.2 Å². The highest BCUT2D eigenvalue weighted by Crippen LogP contribution is 2.14. The van der Waals surface area contributed by atoms with Gasteiger partial charge in [0.15, 0.2) is 0 Å². The summed E-state index contributed by atoms with van der Waals surface area (Å²) >= 11 is 0. The Morgan fingerprint density at radius 1 is 1.08 bits per heavy atom. The lowest BCUT2D eigenvalue weighted by molar-refractivity contribution is -0.131. The van der Waals surface area contributed by atoms with Gasteiger partial charge in [0.25, 0.3) is 0 Å². The summed E-state index contributed by atoms with van der Waals surface area (Å²) in [6.07, 6.45) is 2.13. The van der Waals surface area contributed by atoms with Crippen molar-refractivity contribution >= 4 is 5.91 Å². The van der Waals surface area contributed by atoms with E-state index >= 15 is 0 Å². The van der Waals surface area contributed by atoms with Crippen molar-refractivity contribution in [2.45, 2.75) is 32.7 Å². The van der Waals surface area contributed by atoms with Crippen molar-refractivity contribution in [1.29, 1.82) is 5.26 Å². The van der Waals surface area contributed by atoms with Crippen molar-refractivity contribution in [2.24, 2.45) is 0 Å². The monoisotopic (exact) mass is 336 g/mol. The average molecular weight is 336 g/mol. The number of nitriles is 1. The molecule has 0 heterocycles. The van der Waals surface area contributed by atoms with Crippen LogP contribution in [-0.2, 0) is 17.8 Å². The number of methoxy groups -OCH3 is 1. The van der Waals surface area contributed by atoms with Crippen LogP contribution in [0.3, 0.4) is 0 Å². The quantitative estimate of drug-likeness (QED) is 0.734. The van der Waals surface area contributed by atoms with Crippen LogP contribution in [0.5, 0.6) is 5.75 Å². The van der Waals surface area contributed by atoms with Crippen molar-refractivity contribution in [3.05, 3.63) is 65.2 Å². The molecule has 0 spiro atoms. The Balaban J connectivity index is 1.95. The van der Waals surface area contributed by atoms with E-state index in [1.807, 2.05) is 41.3 Å². The molecular formula is C21H24N2O2. The summed E-state index contributed by atoms with van der Waals surface area (Å²) in [5.74, 6) is 0.977. The Labute approximate surface area is 149 Å². The van der Waals surface area contributed by atoms with Crippen LogP contribution in [0.15, 0.2) is 48.5 Å². The third kappa shape index (κ3) is 5.65. The second-order valence-corrected chi connectivity index (χ2v) is 5.97. The predicted molar refractivity (Wildman–Crippen MR) is 98.2 cm³/mol. The summed E-state index contributed by atoms with van der Waals surface area (Å²) < 4.78 is 5.15. The maximum absolute atomic E-state index is 12.6. The highest BCUT2D eigenvalue weighted by molar-refractivity contribution is 5.76. The number of carbonyl (C=O) groups excluding carboxylic acids is 1. The van der Waals surface area contributed by atoms with Crippen LogP contribution in [0.4, 0.5) is 0 Å². The molecular weight excluding hydrogens is 312 g/mol. The molecule has 0 N–H and O–H groups in total. The number of aryl methyl sites for hydroxylation is 1. The van der Waals surface area contributed by atoms with Crippen LogP contribution in [0.1, 0.15) is 36.5 Å². The molecule has 0 saturated carbocycles. The number of nitrogens with zero attached hydrogens (tertiary/aromatic N) is 2. The van der Waals surface area contributed by atoms with E-state index in [1.54, 1.807) is 19.2 Å². The lowest BCUT2D eigenvalue weighted by atomic mass is 10.1. The maximum atomic E-state index is 12.6. The zero-order chi connectivity index (χ0) is 18.1. The summed E-state index contributed by atoms with van der Waals surface area (Å²) in [5.41, 5.74) is 2.81. The number of hydrogen-bond acceptors (Lipinski definition) is 3. The van der Waals surface area contributed by atoms with Crippen molar-refractivity contribution in [1.82, 2.24) is 4.90 Å². The molecule has 0 aliphatic heterocycles. The topological polar surface area (TPSA) is 53.3 Å². The minimum absolute atomic E-state index is 0.155. The van der Waals surface area contributed by atoms with E-state index in [0.717, 1.165) is 36.3 Å². The van der Waals surface area contributed by atoms with Crippen LogP contribution in [-0.4, -0.2) is 24.5 Å². The van der Waals surface area contributed by atoms with Gasteiger partial charge in [-0.2, -0.15) is 5.26 Å². The molecule has 0 bridgehead atoms. The molecule has 0 radical (unpaired) electrons. The molecule has 2 aromatic rings. The first-order valence-electron chi connectivity index (χ1n) is 8.56. The fourth-order valence-electron chi connectivity index (χ4n) is 2.67. The third-order valence-electron chi connectivity index (χ3n) is 4.09. The molecule has 0 saturated heterocycles. The number of benzene rings is 2. The summed E-state index contributed by atoms with van der Waals surface area (Å²) in [6.45, 7) is 3.39. The van der Waals surface area contributed by atoms with Crippen LogP contribution in [0.2, 0.25) is 0 Å². The van der Waals surface area contributed by atoms with E-state index in [2.05, 4.69) is 13.0 Å². The lowest BCUT2D eigenvalue weighted by Crippen LogP contribution is -2.31. The largest absolute Gasteiger partial charge is 0.497 e. The Bertz CT molecular complexity index is 715. The van der Waals surface area contributed by atoms with E-state index in [0.29, 0.717) is 18.5 Å². The van der Waals surface area contributed by atoms with E-state index < -0.39 is 0 Å². The molecule has 0 unspecified atom stereocenters. The number of carbonyl (C=O) groups is 1. The van der Waals surface area contributed by atoms with Gasteiger partial charge >= 0.3 is 0 Å². The van der Waals surface area contributed by atoms with Crippen LogP contribution in [0, 0.1) is 11.3 Å². The number of ether oxygens (including phenoxy) is 1. The predicted octanol–water partition coefficient (Wildman–Crippen LogP) is 3.94. The van der Waals surface area contributed by atoms with Gasteiger partial charge in [0.1, 0.15) is 5.75 Å². The molecule has 0 fully saturated rings. The molecule has 4 nitrogen and oxygen atoms in total. The van der Waals surface area contributed by atoms with Crippen molar-refractivity contribution in [2.75, 3.05) is 13.7 Å². The smallest absolute Gasteiger partial charge is 0.223 e. The molecule has 0 atom stereocenters. The normalized spacial score (nSPS) is 10.1. The minimum Gasteiger partial charge on any atom is -0.497 e. The van der Waals surface area contributed by atoms with Crippen molar-refractivity contribution in [3.63, 3.8) is 0 Å². The van der Waals surface area contributed by atoms with Gasteiger partial charge in [-0.3, -0.25) is 4.79 Å². The van der Waals surface area contributed by atoms with Gasteiger partial charge in [0, 0.05) is 19.5 Å². The van der Waals surface area contributed by atoms with E-state index in [9.17, 15) is 4.79 Å². The zero-order valence-corrected chi connectivity index (χ0v) is 14.9. The summed E-state index contributed by atoms with van der Waals surface area (Å²) in [4.78, 5) is 14.5. The molecule has 4 heteroatoms. The van der Waals surface area contributed by atoms with E-state index in [1.165, 1.54) is 0 Å². The summed E-state index contributed by atoms with van der Waals surface area (Å²) in [6, 6.07) is 17.4.